The minimum atomic E-state index is -0.126. The van der Waals surface area contributed by atoms with Crippen LogP contribution in [0.1, 0.15) is 25.8 Å². The maximum Gasteiger partial charge on any atom is 0.315 e. The molecule has 25 heavy (non-hydrogen) atoms. The summed E-state index contributed by atoms with van der Waals surface area (Å²) in [5, 5.41) is 10.4. The van der Waals surface area contributed by atoms with Crippen molar-refractivity contribution in [2.75, 3.05) is 6.61 Å². The van der Waals surface area contributed by atoms with Crippen LogP contribution in [0.15, 0.2) is 42.7 Å². The average molecular weight is 340 g/mol. The summed E-state index contributed by atoms with van der Waals surface area (Å²) in [7, 11) is 0. The van der Waals surface area contributed by atoms with E-state index in [9.17, 15) is 4.79 Å². The van der Waals surface area contributed by atoms with Crippen molar-refractivity contribution in [2.24, 2.45) is 11.3 Å². The molecule has 2 amide bonds. The van der Waals surface area contributed by atoms with Crippen molar-refractivity contribution in [1.29, 1.82) is 0 Å². The Morgan fingerprint density at radius 2 is 2.20 bits per heavy atom. The van der Waals surface area contributed by atoms with E-state index in [2.05, 4.69) is 29.6 Å². The third kappa shape index (κ3) is 2.80. The van der Waals surface area contributed by atoms with Crippen LogP contribution in [-0.4, -0.2) is 34.6 Å². The van der Waals surface area contributed by atoms with Crippen LogP contribution in [0.25, 0.3) is 5.69 Å². The Labute approximate surface area is 147 Å². The van der Waals surface area contributed by atoms with Gasteiger partial charge in [0.2, 0.25) is 0 Å². The van der Waals surface area contributed by atoms with E-state index in [1.165, 1.54) is 0 Å². The molecule has 4 rings (SSSR count). The van der Waals surface area contributed by atoms with Gasteiger partial charge in [0.1, 0.15) is 0 Å². The molecule has 3 atom stereocenters. The van der Waals surface area contributed by atoms with E-state index in [0.717, 1.165) is 24.3 Å². The van der Waals surface area contributed by atoms with E-state index in [1.807, 2.05) is 41.2 Å². The van der Waals surface area contributed by atoms with E-state index in [1.54, 1.807) is 6.20 Å². The molecule has 1 aliphatic heterocycles. The molecule has 1 aromatic heterocycles. The fraction of sp³-hybridized carbons (Fsp3) is 0.474. The van der Waals surface area contributed by atoms with Gasteiger partial charge in [-0.1, -0.05) is 32.0 Å². The highest BCUT2D eigenvalue weighted by Gasteiger charge is 2.59. The van der Waals surface area contributed by atoms with Crippen LogP contribution < -0.4 is 10.6 Å². The van der Waals surface area contributed by atoms with Gasteiger partial charge in [-0.15, -0.1) is 0 Å². The van der Waals surface area contributed by atoms with Gasteiger partial charge in [-0.25, -0.2) is 9.48 Å². The zero-order chi connectivity index (χ0) is 17.4. The first kappa shape index (κ1) is 16.1. The molecule has 2 aromatic rings. The minimum absolute atomic E-state index is 0.00846. The van der Waals surface area contributed by atoms with Crippen molar-refractivity contribution in [2.45, 2.75) is 39.0 Å². The highest BCUT2D eigenvalue weighted by Crippen LogP contribution is 2.52. The Bertz CT molecular complexity index is 757. The smallest absolute Gasteiger partial charge is 0.315 e. The van der Waals surface area contributed by atoms with Crippen molar-refractivity contribution >= 4 is 6.03 Å². The van der Waals surface area contributed by atoms with E-state index in [0.29, 0.717) is 12.5 Å². The zero-order valence-corrected chi connectivity index (χ0v) is 14.6. The van der Waals surface area contributed by atoms with Gasteiger partial charge in [-0.2, -0.15) is 5.10 Å². The molecule has 2 aliphatic rings. The molecule has 2 heterocycles. The summed E-state index contributed by atoms with van der Waals surface area (Å²) in [4.78, 5) is 12.4. The molecule has 6 nitrogen and oxygen atoms in total. The number of urea groups is 1. The quantitative estimate of drug-likeness (QED) is 0.898. The third-order valence-corrected chi connectivity index (χ3v) is 5.57. The monoisotopic (exact) mass is 340 g/mol. The second-order valence-corrected chi connectivity index (χ2v) is 7.45. The molecule has 1 saturated heterocycles. The fourth-order valence-electron chi connectivity index (χ4n) is 4.28. The second kappa shape index (κ2) is 6.19. The average Bonchev–Trinajstić information content (AvgIpc) is 3.28. The Hall–Kier alpha value is -2.34. The lowest BCUT2D eigenvalue weighted by Crippen LogP contribution is -2.67. The third-order valence-electron chi connectivity index (χ3n) is 5.57. The summed E-state index contributed by atoms with van der Waals surface area (Å²) < 4.78 is 7.59. The number of aromatic nitrogens is 2. The van der Waals surface area contributed by atoms with E-state index in [4.69, 9.17) is 4.74 Å². The number of ether oxygens (including phenoxy) is 1. The summed E-state index contributed by atoms with van der Waals surface area (Å²) in [6, 6.07) is 9.87. The van der Waals surface area contributed by atoms with Gasteiger partial charge >= 0.3 is 6.03 Å². The van der Waals surface area contributed by atoms with Crippen molar-refractivity contribution in [3.8, 4) is 5.69 Å². The number of fused-ring (bicyclic) bond motifs is 1. The number of nitrogens with zero attached hydrogens (tertiary/aromatic N) is 2. The number of amides is 2. The standard InChI is InChI=1S/C19H24N4O2/c1-19(2)16(14-8-11-25-17(14)19)22-18(24)20-12-13-6-3-4-7-15(13)23-10-5-9-21-23/h3-7,9-10,14,16-17H,8,11-12H2,1-2H3,(H2,20,22,24)/t14-,16-,17+/m1/s1. The number of para-hydroxylation sites is 1. The predicted octanol–water partition coefficient (Wildman–Crippen LogP) is 2.49. The van der Waals surface area contributed by atoms with E-state index >= 15 is 0 Å². The first-order valence-electron chi connectivity index (χ1n) is 8.81. The first-order valence-corrected chi connectivity index (χ1v) is 8.81. The van der Waals surface area contributed by atoms with Crippen LogP contribution in [0.3, 0.4) is 0 Å². The van der Waals surface area contributed by atoms with Gasteiger partial charge in [-0.05, 0) is 24.1 Å². The fourth-order valence-corrected chi connectivity index (χ4v) is 4.28. The van der Waals surface area contributed by atoms with E-state index in [-0.39, 0.29) is 23.6 Å². The number of hydrogen-bond donors (Lipinski definition) is 2. The molecule has 6 heteroatoms. The number of rotatable bonds is 4. The number of carbonyl (C=O) groups is 1. The normalized spacial score (nSPS) is 26.6. The summed E-state index contributed by atoms with van der Waals surface area (Å²) in [6.45, 7) is 5.59. The lowest BCUT2D eigenvalue weighted by Gasteiger charge is -2.54. The minimum Gasteiger partial charge on any atom is -0.377 e. The van der Waals surface area contributed by atoms with Gasteiger partial charge in [0.25, 0.3) is 0 Å². The lowest BCUT2D eigenvalue weighted by atomic mass is 9.57. The molecule has 0 radical (unpaired) electrons. The number of carbonyl (C=O) groups excluding carboxylic acids is 1. The summed E-state index contributed by atoms with van der Waals surface area (Å²) >= 11 is 0. The van der Waals surface area contributed by atoms with Crippen molar-refractivity contribution in [3.05, 3.63) is 48.3 Å². The maximum absolute atomic E-state index is 12.4. The van der Waals surface area contributed by atoms with Crippen LogP contribution >= 0.6 is 0 Å². The number of hydrogen-bond acceptors (Lipinski definition) is 3. The predicted molar refractivity (Wildman–Crippen MR) is 94.4 cm³/mol. The summed E-state index contributed by atoms with van der Waals surface area (Å²) in [5.41, 5.74) is 1.99. The molecule has 0 unspecified atom stereocenters. The van der Waals surface area contributed by atoms with Crippen LogP contribution in [0.5, 0.6) is 0 Å². The van der Waals surface area contributed by atoms with Gasteiger partial charge in [-0.3, -0.25) is 0 Å². The van der Waals surface area contributed by atoms with Crippen molar-refractivity contribution in [3.63, 3.8) is 0 Å². The Kier molecular flexibility index (Phi) is 4.00. The number of nitrogens with one attached hydrogen (secondary N) is 2. The van der Waals surface area contributed by atoms with Crippen LogP contribution in [0, 0.1) is 11.3 Å². The molecule has 2 N–H and O–H groups in total. The van der Waals surface area contributed by atoms with Crippen LogP contribution in [0.2, 0.25) is 0 Å². The molecular weight excluding hydrogens is 316 g/mol. The topological polar surface area (TPSA) is 68.2 Å². The Balaban J connectivity index is 1.39. The van der Waals surface area contributed by atoms with Gasteiger partial charge in [0, 0.05) is 42.9 Å². The van der Waals surface area contributed by atoms with Crippen molar-refractivity contribution < 1.29 is 9.53 Å². The van der Waals surface area contributed by atoms with Gasteiger partial charge in [0.05, 0.1) is 11.8 Å². The van der Waals surface area contributed by atoms with E-state index < -0.39 is 0 Å². The number of benzene rings is 1. The molecule has 0 spiro atoms. The molecule has 0 bridgehead atoms. The molecule has 1 aromatic carbocycles. The first-order chi connectivity index (χ1) is 12.1. The Morgan fingerprint density at radius 1 is 1.36 bits per heavy atom. The molecule has 2 fully saturated rings. The van der Waals surface area contributed by atoms with Crippen LogP contribution in [0.4, 0.5) is 4.79 Å². The molecule has 1 aliphatic carbocycles. The molecular formula is C19H24N4O2. The Morgan fingerprint density at radius 3 is 3.00 bits per heavy atom. The molecule has 1 saturated carbocycles. The molecule has 132 valence electrons. The zero-order valence-electron chi connectivity index (χ0n) is 14.6. The second-order valence-electron chi connectivity index (χ2n) is 7.45. The highest BCUT2D eigenvalue weighted by molar-refractivity contribution is 5.74. The lowest BCUT2D eigenvalue weighted by molar-refractivity contribution is -0.108. The van der Waals surface area contributed by atoms with Gasteiger partial charge in [0.15, 0.2) is 0 Å². The van der Waals surface area contributed by atoms with Crippen LogP contribution in [-0.2, 0) is 11.3 Å². The summed E-state index contributed by atoms with van der Waals surface area (Å²) in [5.74, 6) is 0.442. The maximum atomic E-state index is 12.4. The summed E-state index contributed by atoms with van der Waals surface area (Å²) in [6.07, 6.45) is 4.95. The highest BCUT2D eigenvalue weighted by atomic mass is 16.5. The van der Waals surface area contributed by atoms with Gasteiger partial charge < -0.3 is 15.4 Å². The SMILES string of the molecule is CC1(C)[C@H](NC(=O)NCc2ccccc2-n2cccn2)[C@H]2CCO[C@@H]21. The van der Waals surface area contributed by atoms with Crippen molar-refractivity contribution in [1.82, 2.24) is 20.4 Å². The largest absolute Gasteiger partial charge is 0.377 e.